The quantitative estimate of drug-likeness (QED) is 0.756. The van der Waals surface area contributed by atoms with E-state index in [9.17, 15) is 9.18 Å². The molecule has 3 heteroatoms. The molecule has 0 radical (unpaired) electrons. The van der Waals surface area contributed by atoms with Gasteiger partial charge in [0.05, 0.1) is 6.54 Å². The van der Waals surface area contributed by atoms with E-state index in [1.807, 2.05) is 13.0 Å². The molecule has 0 saturated carbocycles. The van der Waals surface area contributed by atoms with Crippen molar-refractivity contribution in [3.8, 4) is 0 Å². The Bertz CT molecular complexity index is 543. The molecule has 16 heavy (non-hydrogen) atoms. The van der Waals surface area contributed by atoms with E-state index in [4.69, 9.17) is 0 Å². The van der Waals surface area contributed by atoms with Gasteiger partial charge in [-0.25, -0.2) is 4.39 Å². The Morgan fingerprint density at radius 1 is 1.19 bits per heavy atom. The van der Waals surface area contributed by atoms with Crippen LogP contribution in [0, 0.1) is 12.7 Å². The first-order valence-corrected chi connectivity index (χ1v) is 5.07. The van der Waals surface area contributed by atoms with Crippen molar-refractivity contribution in [1.29, 1.82) is 0 Å². The summed E-state index contributed by atoms with van der Waals surface area (Å²) in [5.41, 5.74) is 1.82. The number of nitrogens with zero attached hydrogens (tertiary/aromatic N) is 1. The van der Waals surface area contributed by atoms with E-state index in [1.54, 1.807) is 29.0 Å². The van der Waals surface area contributed by atoms with Gasteiger partial charge in [0, 0.05) is 12.3 Å². The van der Waals surface area contributed by atoms with Crippen molar-refractivity contribution < 1.29 is 4.39 Å². The van der Waals surface area contributed by atoms with E-state index in [2.05, 4.69) is 0 Å². The highest BCUT2D eigenvalue weighted by molar-refractivity contribution is 5.17. The Hall–Kier alpha value is -1.90. The molecule has 0 aliphatic rings. The van der Waals surface area contributed by atoms with Crippen LogP contribution in [0.4, 0.5) is 4.39 Å². The van der Waals surface area contributed by atoms with E-state index in [0.717, 1.165) is 11.1 Å². The molecule has 1 heterocycles. The first-order valence-electron chi connectivity index (χ1n) is 5.07. The zero-order valence-electron chi connectivity index (χ0n) is 8.98. The molecule has 0 atom stereocenters. The normalized spacial score (nSPS) is 10.4. The highest BCUT2D eigenvalue weighted by Gasteiger charge is 1.98. The van der Waals surface area contributed by atoms with Gasteiger partial charge in [0.2, 0.25) is 0 Å². The Morgan fingerprint density at radius 3 is 2.50 bits per heavy atom. The third kappa shape index (κ3) is 2.37. The van der Waals surface area contributed by atoms with Crippen LogP contribution >= 0.6 is 0 Å². The van der Waals surface area contributed by atoms with Gasteiger partial charge in [0.15, 0.2) is 0 Å². The maximum Gasteiger partial charge on any atom is 0.251 e. The number of aromatic nitrogens is 1. The standard InChI is InChI=1S/C13H12FNO/c1-10-6-7-15(13(16)8-10)9-11-2-4-12(14)5-3-11/h2-8H,9H2,1H3. The zero-order valence-corrected chi connectivity index (χ0v) is 8.98. The lowest BCUT2D eigenvalue weighted by Gasteiger charge is -2.05. The minimum absolute atomic E-state index is 0.0377. The summed E-state index contributed by atoms with van der Waals surface area (Å²) in [6.07, 6.45) is 1.75. The van der Waals surface area contributed by atoms with Crippen LogP contribution in [0.3, 0.4) is 0 Å². The first kappa shape index (κ1) is 10.6. The fraction of sp³-hybridized carbons (Fsp3) is 0.154. The van der Waals surface area contributed by atoms with E-state index in [0.29, 0.717) is 6.54 Å². The average molecular weight is 217 g/mol. The third-order valence-corrected chi connectivity index (χ3v) is 2.42. The molecule has 0 bridgehead atoms. The van der Waals surface area contributed by atoms with Crippen LogP contribution in [0.25, 0.3) is 0 Å². The molecular weight excluding hydrogens is 205 g/mol. The Kier molecular flexibility index (Phi) is 2.86. The Labute approximate surface area is 93.0 Å². The fourth-order valence-electron chi connectivity index (χ4n) is 1.52. The topological polar surface area (TPSA) is 22.0 Å². The minimum atomic E-state index is -0.264. The highest BCUT2D eigenvalue weighted by Crippen LogP contribution is 2.04. The second kappa shape index (κ2) is 4.31. The molecule has 0 aliphatic carbocycles. The summed E-state index contributed by atoms with van der Waals surface area (Å²) in [5.74, 6) is -0.264. The number of aryl methyl sites for hydroxylation is 1. The highest BCUT2D eigenvalue weighted by atomic mass is 19.1. The molecule has 0 spiro atoms. The van der Waals surface area contributed by atoms with E-state index >= 15 is 0 Å². The van der Waals surface area contributed by atoms with Crippen LogP contribution in [0.1, 0.15) is 11.1 Å². The van der Waals surface area contributed by atoms with Crippen molar-refractivity contribution in [2.45, 2.75) is 13.5 Å². The SMILES string of the molecule is Cc1ccn(Cc2ccc(F)cc2)c(=O)c1. The predicted molar refractivity (Wildman–Crippen MR) is 60.9 cm³/mol. The Balaban J connectivity index is 2.27. The third-order valence-electron chi connectivity index (χ3n) is 2.42. The maximum absolute atomic E-state index is 12.7. The molecule has 0 aliphatic heterocycles. The summed E-state index contributed by atoms with van der Waals surface area (Å²) >= 11 is 0. The monoisotopic (exact) mass is 217 g/mol. The van der Waals surface area contributed by atoms with Crippen LogP contribution < -0.4 is 5.56 Å². The number of benzene rings is 1. The molecule has 2 rings (SSSR count). The second-order valence-electron chi connectivity index (χ2n) is 3.80. The zero-order chi connectivity index (χ0) is 11.5. The minimum Gasteiger partial charge on any atom is -0.311 e. The molecule has 1 aromatic carbocycles. The molecular formula is C13H12FNO. The summed E-state index contributed by atoms with van der Waals surface area (Å²) in [6, 6.07) is 9.63. The van der Waals surface area contributed by atoms with Crippen LogP contribution in [-0.4, -0.2) is 4.57 Å². The van der Waals surface area contributed by atoms with Crippen molar-refractivity contribution in [3.63, 3.8) is 0 Å². The molecule has 0 amide bonds. The van der Waals surface area contributed by atoms with Gasteiger partial charge in [-0.2, -0.15) is 0 Å². The van der Waals surface area contributed by atoms with Crippen molar-refractivity contribution in [2.75, 3.05) is 0 Å². The summed E-state index contributed by atoms with van der Waals surface area (Å²) in [4.78, 5) is 11.6. The molecule has 2 nitrogen and oxygen atoms in total. The van der Waals surface area contributed by atoms with Crippen LogP contribution in [0.5, 0.6) is 0 Å². The molecule has 82 valence electrons. The lowest BCUT2D eigenvalue weighted by Crippen LogP contribution is -2.19. The van der Waals surface area contributed by atoms with Gasteiger partial charge in [0.25, 0.3) is 5.56 Å². The van der Waals surface area contributed by atoms with Gasteiger partial charge < -0.3 is 4.57 Å². The van der Waals surface area contributed by atoms with Gasteiger partial charge in [0.1, 0.15) is 5.82 Å². The summed E-state index contributed by atoms with van der Waals surface area (Å²) in [7, 11) is 0. The summed E-state index contributed by atoms with van der Waals surface area (Å²) in [6.45, 7) is 2.35. The number of halogens is 1. The van der Waals surface area contributed by atoms with Crippen molar-refractivity contribution in [3.05, 3.63) is 69.9 Å². The molecule has 0 fully saturated rings. The van der Waals surface area contributed by atoms with Crippen LogP contribution in [0.2, 0.25) is 0 Å². The largest absolute Gasteiger partial charge is 0.311 e. The van der Waals surface area contributed by atoms with E-state index < -0.39 is 0 Å². The van der Waals surface area contributed by atoms with Gasteiger partial charge in [-0.3, -0.25) is 4.79 Å². The average Bonchev–Trinajstić information content (AvgIpc) is 2.25. The number of hydrogen-bond acceptors (Lipinski definition) is 1. The molecule has 2 aromatic rings. The number of pyridine rings is 1. The number of hydrogen-bond donors (Lipinski definition) is 0. The summed E-state index contributed by atoms with van der Waals surface area (Å²) < 4.78 is 14.3. The lowest BCUT2D eigenvalue weighted by molar-refractivity contribution is 0.626. The number of rotatable bonds is 2. The van der Waals surface area contributed by atoms with Gasteiger partial charge in [-0.15, -0.1) is 0 Å². The van der Waals surface area contributed by atoms with Gasteiger partial charge in [-0.05, 0) is 36.2 Å². The smallest absolute Gasteiger partial charge is 0.251 e. The van der Waals surface area contributed by atoms with E-state index in [-0.39, 0.29) is 11.4 Å². The molecule has 0 N–H and O–H groups in total. The van der Waals surface area contributed by atoms with Crippen molar-refractivity contribution in [1.82, 2.24) is 4.57 Å². The molecule has 0 saturated heterocycles. The predicted octanol–water partition coefficient (Wildman–Crippen LogP) is 2.34. The van der Waals surface area contributed by atoms with E-state index in [1.165, 1.54) is 12.1 Å². The second-order valence-corrected chi connectivity index (χ2v) is 3.80. The van der Waals surface area contributed by atoms with Crippen LogP contribution in [0.15, 0.2) is 47.4 Å². The van der Waals surface area contributed by atoms with Crippen LogP contribution in [-0.2, 0) is 6.54 Å². The first-order chi connectivity index (χ1) is 7.65. The summed E-state index contributed by atoms with van der Waals surface area (Å²) in [5, 5.41) is 0. The Morgan fingerprint density at radius 2 is 1.88 bits per heavy atom. The van der Waals surface area contributed by atoms with Crippen molar-refractivity contribution >= 4 is 0 Å². The lowest BCUT2D eigenvalue weighted by atomic mass is 10.2. The van der Waals surface area contributed by atoms with Gasteiger partial charge >= 0.3 is 0 Å². The maximum atomic E-state index is 12.7. The van der Waals surface area contributed by atoms with Gasteiger partial charge in [-0.1, -0.05) is 12.1 Å². The van der Waals surface area contributed by atoms with Crippen molar-refractivity contribution in [2.24, 2.45) is 0 Å². The fourth-order valence-corrected chi connectivity index (χ4v) is 1.52. The molecule has 0 unspecified atom stereocenters. The molecule has 1 aromatic heterocycles.